The lowest BCUT2D eigenvalue weighted by Crippen LogP contribution is -2.23. The van der Waals surface area contributed by atoms with Crippen LogP contribution >= 0.6 is 0 Å². The van der Waals surface area contributed by atoms with Gasteiger partial charge in [0.1, 0.15) is 0 Å². The highest BCUT2D eigenvalue weighted by Gasteiger charge is 2.30. The Kier molecular flexibility index (Phi) is 3.28. The van der Waals surface area contributed by atoms with Crippen LogP contribution in [0, 0.1) is 0 Å². The van der Waals surface area contributed by atoms with Gasteiger partial charge in [-0.15, -0.1) is 0 Å². The van der Waals surface area contributed by atoms with Crippen molar-refractivity contribution in [2.45, 2.75) is 45.1 Å². The zero-order chi connectivity index (χ0) is 13.3. The maximum Gasteiger partial charge on any atom is 0.273 e. The molecule has 1 aromatic heterocycles. The Morgan fingerprint density at radius 1 is 1.44 bits per heavy atom. The van der Waals surface area contributed by atoms with Crippen molar-refractivity contribution >= 4 is 5.91 Å². The second-order valence-electron chi connectivity index (χ2n) is 5.68. The Bertz CT molecular complexity index is 459. The molecule has 1 amide bonds. The summed E-state index contributed by atoms with van der Waals surface area (Å²) in [5.41, 5.74) is 1.34. The first kappa shape index (κ1) is 12.9. The van der Waals surface area contributed by atoms with Gasteiger partial charge in [0, 0.05) is 18.8 Å². The summed E-state index contributed by atoms with van der Waals surface area (Å²) in [6.45, 7) is 6.32. The minimum atomic E-state index is -0.197. The van der Waals surface area contributed by atoms with E-state index in [1.807, 2.05) is 6.07 Å². The summed E-state index contributed by atoms with van der Waals surface area (Å²) < 4.78 is 5.91. The van der Waals surface area contributed by atoms with Crippen molar-refractivity contribution in [2.24, 2.45) is 0 Å². The van der Waals surface area contributed by atoms with Crippen LogP contribution in [0.5, 0.6) is 5.75 Å². The molecular weight excluding hydrogens is 228 g/mol. The van der Waals surface area contributed by atoms with E-state index in [0.29, 0.717) is 11.4 Å². The Labute approximate surface area is 108 Å². The van der Waals surface area contributed by atoms with E-state index in [-0.39, 0.29) is 17.4 Å². The minimum Gasteiger partial charge on any atom is -0.488 e. The van der Waals surface area contributed by atoms with E-state index >= 15 is 0 Å². The third-order valence-electron chi connectivity index (χ3n) is 2.96. The van der Waals surface area contributed by atoms with Gasteiger partial charge in [-0.05, 0) is 24.3 Å². The molecule has 0 radical (unpaired) electrons. The summed E-state index contributed by atoms with van der Waals surface area (Å²) in [7, 11) is 1.61. The predicted octanol–water partition coefficient (Wildman–Crippen LogP) is 2.28. The number of nitrogens with zero attached hydrogens (tertiary/aromatic N) is 1. The molecule has 1 fully saturated rings. The molecule has 0 bridgehead atoms. The van der Waals surface area contributed by atoms with E-state index in [9.17, 15) is 4.79 Å². The highest BCUT2D eigenvalue weighted by Crippen LogP contribution is 2.37. The average molecular weight is 248 g/mol. The molecule has 0 spiro atoms. The molecule has 1 aliphatic rings. The van der Waals surface area contributed by atoms with Crippen molar-refractivity contribution in [3.63, 3.8) is 0 Å². The number of hydrogen-bond donors (Lipinski definition) is 1. The fourth-order valence-electron chi connectivity index (χ4n) is 1.79. The van der Waals surface area contributed by atoms with Gasteiger partial charge >= 0.3 is 0 Å². The van der Waals surface area contributed by atoms with Crippen LogP contribution < -0.4 is 10.1 Å². The molecule has 0 atom stereocenters. The van der Waals surface area contributed by atoms with Gasteiger partial charge in [0.05, 0.1) is 6.10 Å². The molecule has 1 heterocycles. The third-order valence-corrected chi connectivity index (χ3v) is 2.96. The van der Waals surface area contributed by atoms with Crippen molar-refractivity contribution in [2.75, 3.05) is 7.05 Å². The lowest BCUT2D eigenvalue weighted by atomic mass is 9.86. The van der Waals surface area contributed by atoms with E-state index < -0.39 is 0 Å². The predicted molar refractivity (Wildman–Crippen MR) is 70.0 cm³/mol. The lowest BCUT2D eigenvalue weighted by Gasteiger charge is -2.23. The smallest absolute Gasteiger partial charge is 0.273 e. The summed E-state index contributed by atoms with van der Waals surface area (Å²) >= 11 is 0. The van der Waals surface area contributed by atoms with Crippen LogP contribution in [0.15, 0.2) is 12.3 Å². The SMILES string of the molecule is CNC(=O)c1nccc(C(C)(C)C)c1OC1CC1. The van der Waals surface area contributed by atoms with Crippen LogP contribution in [0.4, 0.5) is 0 Å². The number of aromatic nitrogens is 1. The topological polar surface area (TPSA) is 51.2 Å². The highest BCUT2D eigenvalue weighted by atomic mass is 16.5. The first-order chi connectivity index (χ1) is 8.43. The van der Waals surface area contributed by atoms with Gasteiger partial charge in [0.2, 0.25) is 0 Å². The largest absolute Gasteiger partial charge is 0.488 e. The second-order valence-corrected chi connectivity index (χ2v) is 5.68. The van der Waals surface area contributed by atoms with E-state index in [1.165, 1.54) is 0 Å². The molecule has 0 unspecified atom stereocenters. The molecule has 98 valence electrons. The lowest BCUT2D eigenvalue weighted by molar-refractivity contribution is 0.0953. The van der Waals surface area contributed by atoms with Crippen LogP contribution in [-0.4, -0.2) is 24.0 Å². The Balaban J connectivity index is 2.48. The van der Waals surface area contributed by atoms with Crippen LogP contribution in [0.3, 0.4) is 0 Å². The van der Waals surface area contributed by atoms with Gasteiger partial charge in [0.15, 0.2) is 11.4 Å². The quantitative estimate of drug-likeness (QED) is 0.892. The van der Waals surface area contributed by atoms with Crippen LogP contribution in [0.1, 0.15) is 49.7 Å². The molecule has 1 N–H and O–H groups in total. The normalized spacial score (nSPS) is 15.3. The number of hydrogen-bond acceptors (Lipinski definition) is 3. The number of rotatable bonds is 3. The molecule has 1 aromatic rings. The fraction of sp³-hybridized carbons (Fsp3) is 0.571. The van der Waals surface area contributed by atoms with Gasteiger partial charge in [-0.1, -0.05) is 20.8 Å². The summed E-state index contributed by atoms with van der Waals surface area (Å²) in [6.07, 6.45) is 4.04. The van der Waals surface area contributed by atoms with Crippen LogP contribution in [0.2, 0.25) is 0 Å². The fourth-order valence-corrected chi connectivity index (χ4v) is 1.79. The molecule has 0 aliphatic heterocycles. The highest BCUT2D eigenvalue weighted by molar-refractivity contribution is 5.95. The zero-order valence-electron chi connectivity index (χ0n) is 11.4. The second kappa shape index (κ2) is 4.59. The Hall–Kier alpha value is -1.58. The Morgan fingerprint density at radius 3 is 2.61 bits per heavy atom. The van der Waals surface area contributed by atoms with Gasteiger partial charge in [-0.2, -0.15) is 0 Å². The summed E-state index contributed by atoms with van der Waals surface area (Å²) in [5.74, 6) is 0.448. The Morgan fingerprint density at radius 2 is 2.11 bits per heavy atom. The van der Waals surface area contributed by atoms with Gasteiger partial charge in [-0.25, -0.2) is 4.98 Å². The van der Waals surface area contributed by atoms with Crippen LogP contribution in [-0.2, 0) is 5.41 Å². The van der Waals surface area contributed by atoms with Crippen molar-refractivity contribution in [1.29, 1.82) is 0 Å². The van der Waals surface area contributed by atoms with Crippen molar-refractivity contribution in [3.8, 4) is 5.75 Å². The van der Waals surface area contributed by atoms with E-state index in [2.05, 4.69) is 31.1 Å². The van der Waals surface area contributed by atoms with E-state index in [4.69, 9.17) is 4.74 Å². The molecule has 0 aromatic carbocycles. The monoisotopic (exact) mass is 248 g/mol. The first-order valence-corrected chi connectivity index (χ1v) is 6.31. The first-order valence-electron chi connectivity index (χ1n) is 6.31. The van der Waals surface area contributed by atoms with Crippen molar-refractivity contribution in [3.05, 3.63) is 23.5 Å². The summed E-state index contributed by atoms with van der Waals surface area (Å²) in [4.78, 5) is 16.0. The van der Waals surface area contributed by atoms with Gasteiger partial charge in [-0.3, -0.25) is 4.79 Å². The molecule has 1 aliphatic carbocycles. The number of pyridine rings is 1. The van der Waals surface area contributed by atoms with Crippen molar-refractivity contribution < 1.29 is 9.53 Å². The maximum atomic E-state index is 11.9. The average Bonchev–Trinajstić information content (AvgIpc) is 3.11. The van der Waals surface area contributed by atoms with Gasteiger partial charge < -0.3 is 10.1 Å². The number of nitrogens with one attached hydrogen (secondary N) is 1. The number of ether oxygens (including phenoxy) is 1. The standard InChI is InChI=1S/C14H20N2O2/c1-14(2,3)10-7-8-16-11(13(17)15-4)12(10)18-9-5-6-9/h7-9H,5-6H2,1-4H3,(H,15,17). The molecule has 0 saturated heterocycles. The molecule has 4 nitrogen and oxygen atoms in total. The summed E-state index contributed by atoms with van der Waals surface area (Å²) in [6, 6.07) is 1.93. The van der Waals surface area contributed by atoms with Crippen molar-refractivity contribution in [1.82, 2.24) is 10.3 Å². The van der Waals surface area contributed by atoms with Gasteiger partial charge in [0.25, 0.3) is 5.91 Å². The number of carbonyl (C=O) groups excluding carboxylic acids is 1. The van der Waals surface area contributed by atoms with E-state index in [0.717, 1.165) is 18.4 Å². The third kappa shape index (κ3) is 2.63. The molecule has 4 heteroatoms. The van der Waals surface area contributed by atoms with Crippen LogP contribution in [0.25, 0.3) is 0 Å². The number of amides is 1. The minimum absolute atomic E-state index is 0.0735. The van der Waals surface area contributed by atoms with E-state index in [1.54, 1.807) is 13.2 Å². The maximum absolute atomic E-state index is 11.9. The molecule has 18 heavy (non-hydrogen) atoms. The number of carbonyl (C=O) groups is 1. The summed E-state index contributed by atoms with van der Waals surface area (Å²) in [5, 5.41) is 2.61. The molecular formula is C14H20N2O2. The zero-order valence-corrected chi connectivity index (χ0v) is 11.4. The molecule has 2 rings (SSSR count). The molecule has 1 saturated carbocycles.